The molecule has 0 aliphatic heterocycles. The highest BCUT2D eigenvalue weighted by atomic mass is 16.5. The molecule has 0 atom stereocenters. The lowest BCUT2D eigenvalue weighted by Crippen LogP contribution is -2.05. The van der Waals surface area contributed by atoms with Gasteiger partial charge in [0.25, 0.3) is 0 Å². The molecule has 0 bridgehead atoms. The molecule has 0 spiro atoms. The largest absolute Gasteiger partial charge is 0.496 e. The van der Waals surface area contributed by atoms with Crippen molar-refractivity contribution in [2.24, 2.45) is 0 Å². The fourth-order valence-corrected chi connectivity index (χ4v) is 3.53. The summed E-state index contributed by atoms with van der Waals surface area (Å²) in [5.41, 5.74) is 5.26. The standard InChI is InChI=1S/C29H28N4O2/c1-31-26(10-5-21-6-12-28-24(16-21)13-15-33-28)17-25(30)9-7-23-8-11-27(18-29(23)34-2)35-20-22-4-3-14-32-19-22/h3-19,30-31,33H,20H2,1-2H3/b9-7+,10-5+,26-17-,30-25?. The summed E-state index contributed by atoms with van der Waals surface area (Å²) in [6, 6.07) is 17.8. The highest BCUT2D eigenvalue weighted by Crippen LogP contribution is 2.26. The minimum atomic E-state index is 0.360. The second kappa shape index (κ2) is 11.5. The van der Waals surface area contributed by atoms with Gasteiger partial charge in [0.15, 0.2) is 0 Å². The van der Waals surface area contributed by atoms with Crippen molar-refractivity contribution in [1.29, 1.82) is 5.41 Å². The Morgan fingerprint density at radius 2 is 2.00 bits per heavy atom. The molecule has 2 aromatic carbocycles. The van der Waals surface area contributed by atoms with Crippen molar-refractivity contribution in [3.8, 4) is 11.5 Å². The van der Waals surface area contributed by atoms with Crippen molar-refractivity contribution < 1.29 is 9.47 Å². The zero-order chi connectivity index (χ0) is 24.5. The number of pyridine rings is 1. The Morgan fingerprint density at radius 1 is 1.09 bits per heavy atom. The Hall–Kier alpha value is -4.58. The third-order valence-corrected chi connectivity index (χ3v) is 5.41. The highest BCUT2D eigenvalue weighted by molar-refractivity contribution is 6.05. The van der Waals surface area contributed by atoms with E-state index in [1.165, 1.54) is 5.39 Å². The molecule has 0 amide bonds. The maximum Gasteiger partial charge on any atom is 0.129 e. The molecule has 0 fully saturated rings. The number of fused-ring (bicyclic) bond motifs is 1. The van der Waals surface area contributed by atoms with Crippen LogP contribution in [0.15, 0.2) is 97.1 Å². The number of rotatable bonds is 10. The fourth-order valence-electron chi connectivity index (χ4n) is 3.53. The van der Waals surface area contributed by atoms with Crippen LogP contribution < -0.4 is 14.8 Å². The topological polar surface area (TPSA) is 83.0 Å². The predicted octanol–water partition coefficient (Wildman–Crippen LogP) is 6.00. The number of H-pyrrole nitrogens is 1. The minimum absolute atomic E-state index is 0.360. The van der Waals surface area contributed by atoms with Gasteiger partial charge in [-0.1, -0.05) is 18.2 Å². The number of likely N-dealkylation sites (N-methyl/N-ethyl adjacent to an activating group) is 1. The van der Waals surface area contributed by atoms with Crippen molar-refractivity contribution in [3.63, 3.8) is 0 Å². The number of hydrogen-bond donors (Lipinski definition) is 3. The van der Waals surface area contributed by atoms with Crippen molar-refractivity contribution in [1.82, 2.24) is 15.3 Å². The molecule has 4 rings (SSSR count). The number of allylic oxidation sites excluding steroid dienone is 3. The van der Waals surface area contributed by atoms with E-state index in [4.69, 9.17) is 14.9 Å². The SMILES string of the molecule is CNC(=C\C(=N)/C=C/c1ccc(OCc2cccnc2)cc1OC)/C=C/c1ccc2[nH]ccc2c1. The predicted molar refractivity (Wildman–Crippen MR) is 143 cm³/mol. The van der Waals surface area contributed by atoms with Crippen molar-refractivity contribution in [2.45, 2.75) is 6.61 Å². The van der Waals surface area contributed by atoms with Crippen LogP contribution in [0.2, 0.25) is 0 Å². The summed E-state index contributed by atoms with van der Waals surface area (Å²) in [4.78, 5) is 7.30. The van der Waals surface area contributed by atoms with Gasteiger partial charge in [0, 0.05) is 54.0 Å². The summed E-state index contributed by atoms with van der Waals surface area (Å²) in [6.45, 7) is 0.432. The van der Waals surface area contributed by atoms with E-state index in [-0.39, 0.29) is 0 Å². The average Bonchev–Trinajstić information content (AvgIpc) is 3.37. The number of benzene rings is 2. The van der Waals surface area contributed by atoms with Gasteiger partial charge in [-0.2, -0.15) is 0 Å². The van der Waals surface area contributed by atoms with Gasteiger partial charge in [-0.3, -0.25) is 4.98 Å². The molecule has 0 radical (unpaired) electrons. The Kier molecular flexibility index (Phi) is 7.76. The maximum atomic E-state index is 8.36. The van der Waals surface area contributed by atoms with E-state index in [0.29, 0.717) is 23.8 Å². The Morgan fingerprint density at radius 3 is 2.80 bits per heavy atom. The minimum Gasteiger partial charge on any atom is -0.496 e. The number of nitrogens with one attached hydrogen (secondary N) is 3. The summed E-state index contributed by atoms with van der Waals surface area (Å²) in [7, 11) is 3.47. The molecule has 0 aliphatic carbocycles. The van der Waals surface area contributed by atoms with E-state index in [2.05, 4.69) is 39.6 Å². The fraction of sp³-hybridized carbons (Fsp3) is 0.103. The molecular weight excluding hydrogens is 436 g/mol. The molecule has 6 heteroatoms. The number of methoxy groups -OCH3 is 1. The summed E-state index contributed by atoms with van der Waals surface area (Å²) in [5.74, 6) is 1.38. The number of hydrogen-bond acceptors (Lipinski definition) is 5. The van der Waals surface area contributed by atoms with Gasteiger partial charge in [0.05, 0.1) is 12.8 Å². The Bertz CT molecular complexity index is 1380. The molecule has 35 heavy (non-hydrogen) atoms. The van der Waals surface area contributed by atoms with E-state index in [1.807, 2.05) is 61.8 Å². The van der Waals surface area contributed by atoms with Crippen LogP contribution in [0, 0.1) is 5.41 Å². The van der Waals surface area contributed by atoms with Crippen LogP contribution in [0.5, 0.6) is 11.5 Å². The molecular formula is C29H28N4O2. The van der Waals surface area contributed by atoms with Crippen LogP contribution in [0.1, 0.15) is 16.7 Å². The van der Waals surface area contributed by atoms with Crippen molar-refractivity contribution in [3.05, 3.63) is 114 Å². The summed E-state index contributed by atoms with van der Waals surface area (Å²) >= 11 is 0. The number of ether oxygens (including phenoxy) is 2. The molecule has 6 nitrogen and oxygen atoms in total. The van der Waals surface area contributed by atoms with Gasteiger partial charge in [-0.25, -0.2) is 0 Å². The van der Waals surface area contributed by atoms with Crippen LogP contribution in [-0.2, 0) is 6.61 Å². The quantitative estimate of drug-likeness (QED) is 0.199. The van der Waals surface area contributed by atoms with Gasteiger partial charge in [0.1, 0.15) is 18.1 Å². The Balaban J connectivity index is 1.41. The monoisotopic (exact) mass is 464 g/mol. The smallest absolute Gasteiger partial charge is 0.129 e. The molecule has 0 aliphatic rings. The third-order valence-electron chi connectivity index (χ3n) is 5.41. The molecule has 176 valence electrons. The van der Waals surface area contributed by atoms with E-state index < -0.39 is 0 Å². The Labute approximate surface area is 205 Å². The summed E-state index contributed by atoms with van der Waals surface area (Å²) in [5, 5.41) is 12.7. The van der Waals surface area contributed by atoms with E-state index in [1.54, 1.807) is 31.7 Å². The highest BCUT2D eigenvalue weighted by Gasteiger charge is 2.04. The number of nitrogens with zero attached hydrogens (tertiary/aromatic N) is 1. The van der Waals surface area contributed by atoms with E-state index >= 15 is 0 Å². The summed E-state index contributed by atoms with van der Waals surface area (Å²) in [6.07, 6.45) is 14.8. The second-order valence-electron chi connectivity index (χ2n) is 7.85. The first-order chi connectivity index (χ1) is 17.1. The molecule has 4 aromatic rings. The van der Waals surface area contributed by atoms with Crippen LogP contribution in [0.4, 0.5) is 0 Å². The first-order valence-electron chi connectivity index (χ1n) is 11.3. The summed E-state index contributed by atoms with van der Waals surface area (Å²) < 4.78 is 11.4. The molecule has 0 unspecified atom stereocenters. The van der Waals surface area contributed by atoms with Gasteiger partial charge < -0.3 is 25.2 Å². The van der Waals surface area contributed by atoms with Gasteiger partial charge >= 0.3 is 0 Å². The zero-order valence-corrected chi connectivity index (χ0v) is 19.8. The molecule has 3 N–H and O–H groups in total. The number of aromatic nitrogens is 2. The lowest BCUT2D eigenvalue weighted by atomic mass is 10.1. The second-order valence-corrected chi connectivity index (χ2v) is 7.85. The first kappa shape index (κ1) is 23.6. The molecule has 0 saturated carbocycles. The lowest BCUT2D eigenvalue weighted by molar-refractivity contribution is 0.303. The van der Waals surface area contributed by atoms with Crippen LogP contribution in [-0.4, -0.2) is 29.8 Å². The lowest BCUT2D eigenvalue weighted by Gasteiger charge is -2.10. The van der Waals surface area contributed by atoms with Crippen LogP contribution in [0.3, 0.4) is 0 Å². The first-order valence-corrected chi connectivity index (χ1v) is 11.3. The third kappa shape index (κ3) is 6.48. The molecule has 2 heterocycles. The van der Waals surface area contributed by atoms with Gasteiger partial charge in [-0.15, -0.1) is 0 Å². The molecule has 2 aromatic heterocycles. The normalized spacial score (nSPS) is 11.9. The van der Waals surface area contributed by atoms with Crippen molar-refractivity contribution >= 4 is 28.8 Å². The van der Waals surface area contributed by atoms with E-state index in [9.17, 15) is 0 Å². The van der Waals surface area contributed by atoms with Crippen molar-refractivity contribution in [2.75, 3.05) is 14.2 Å². The maximum absolute atomic E-state index is 8.36. The van der Waals surface area contributed by atoms with Gasteiger partial charge in [0.2, 0.25) is 0 Å². The average molecular weight is 465 g/mol. The van der Waals surface area contributed by atoms with Crippen LogP contribution in [0.25, 0.3) is 23.1 Å². The molecule has 0 saturated heterocycles. The van der Waals surface area contributed by atoms with Crippen LogP contribution >= 0.6 is 0 Å². The van der Waals surface area contributed by atoms with Gasteiger partial charge in [-0.05, 0) is 71.7 Å². The van der Waals surface area contributed by atoms with E-state index in [0.717, 1.165) is 27.9 Å². The zero-order valence-electron chi connectivity index (χ0n) is 19.8. The number of aromatic amines is 1.